The summed E-state index contributed by atoms with van der Waals surface area (Å²) < 4.78 is 17.9. The molecule has 3 aliphatic heterocycles. The molecule has 0 radical (unpaired) electrons. The lowest BCUT2D eigenvalue weighted by Crippen LogP contribution is -3.09. The molecule has 3 aromatic rings. The third kappa shape index (κ3) is 6.85. The number of aldehydes is 1. The van der Waals surface area contributed by atoms with E-state index < -0.39 is 80.1 Å². The topological polar surface area (TPSA) is 289 Å². The van der Waals surface area contributed by atoms with Crippen LogP contribution in [0.5, 0.6) is 11.5 Å². The van der Waals surface area contributed by atoms with Gasteiger partial charge < -0.3 is 54.8 Å². The molecule has 3 heterocycles. The van der Waals surface area contributed by atoms with Crippen molar-refractivity contribution in [3.8, 4) is 11.5 Å². The molecule has 4 aliphatic rings. The van der Waals surface area contributed by atoms with E-state index in [1.807, 2.05) is 0 Å². The molecule has 1 saturated heterocycles. The summed E-state index contributed by atoms with van der Waals surface area (Å²) in [5.41, 5.74) is 1.13. The number of carbonyl (C=O) groups excluding carboxylic acids is 3. The van der Waals surface area contributed by atoms with Gasteiger partial charge >= 0.3 is 0 Å². The zero-order chi connectivity index (χ0) is 39.1. The van der Waals surface area contributed by atoms with E-state index in [4.69, 9.17) is 19.6 Å². The molecule has 3 aromatic carbocycles. The number of rotatable bonds is 12. The van der Waals surface area contributed by atoms with Gasteiger partial charge in [-0.1, -0.05) is 24.3 Å². The van der Waals surface area contributed by atoms with Gasteiger partial charge in [-0.2, -0.15) is 4.99 Å². The maximum absolute atomic E-state index is 14.3. The fourth-order valence-electron chi connectivity index (χ4n) is 6.90. The number of amidine groups is 1. The maximum Gasteiger partial charge on any atom is 0.262 e. The molecule has 0 saturated carbocycles. The first-order chi connectivity index (χ1) is 26.4. The van der Waals surface area contributed by atoms with Crippen LogP contribution in [0.25, 0.3) is 0 Å². The van der Waals surface area contributed by atoms with Crippen LogP contribution in [0.1, 0.15) is 55.0 Å². The third-order valence-electron chi connectivity index (χ3n) is 9.67. The Labute approximate surface area is 311 Å². The fraction of sp³-hybridized carbons (Fsp3) is 0.324. The number of carbonyl (C=O) groups is 3. The second-order valence-corrected chi connectivity index (χ2v) is 13.2. The normalized spacial score (nSPS) is 24.9. The standard InChI is InChI=1S/C37H35N5O13/c38-37-40-34-26(35(52)41-37)39-15-42(34)23-4-2-1-3-17(23)10-18-11-22-25(28(48)21-9-16(12-44)5-6-20(21)27(22)47)33(53-14-19(46)7-8-43)32(18)55-36-31(51)30(50)29(49)24(13-45)54-36/h1-6,8-9,11,19,24,29-31,36,44-46,49-51H,7,10,12-15H2,(H2,38,41,52)/t19-,24+,29+,30-,31+,36+/m1/s1. The van der Waals surface area contributed by atoms with Crippen molar-refractivity contribution in [3.63, 3.8) is 0 Å². The zero-order valence-electron chi connectivity index (χ0n) is 28.8. The summed E-state index contributed by atoms with van der Waals surface area (Å²) in [6, 6.07) is 12.6. The molecule has 18 nitrogen and oxygen atoms in total. The Balaban J connectivity index is 1.41. The third-order valence-corrected chi connectivity index (χ3v) is 9.67. The Morgan fingerprint density at radius 1 is 0.964 bits per heavy atom. The Kier molecular flexibility index (Phi) is 10.5. The fourth-order valence-corrected chi connectivity index (χ4v) is 6.90. The average Bonchev–Trinajstić information content (AvgIpc) is 3.60. The number of quaternary nitrogens is 1. The van der Waals surface area contributed by atoms with E-state index in [0.29, 0.717) is 28.0 Å². The second kappa shape index (κ2) is 15.3. The van der Waals surface area contributed by atoms with Gasteiger partial charge in [0, 0.05) is 46.6 Å². The van der Waals surface area contributed by atoms with Crippen LogP contribution in [-0.2, 0) is 22.6 Å². The zero-order valence-corrected chi connectivity index (χ0v) is 28.8. The number of hydrogen-bond donors (Lipinski definition) is 8. The Morgan fingerprint density at radius 2 is 1.75 bits per heavy atom. The molecule has 7 rings (SSSR count). The first kappa shape index (κ1) is 37.7. The average molecular weight is 758 g/mol. The lowest BCUT2D eigenvalue weighted by Gasteiger charge is -2.40. The molecule has 55 heavy (non-hydrogen) atoms. The minimum absolute atomic E-state index is 0.00192. The van der Waals surface area contributed by atoms with Gasteiger partial charge in [0.05, 0.1) is 24.9 Å². The summed E-state index contributed by atoms with van der Waals surface area (Å²) in [5, 5.41) is 82.8. The van der Waals surface area contributed by atoms with Crippen molar-refractivity contribution in [1.82, 2.24) is 0 Å². The van der Waals surface area contributed by atoms with E-state index in [1.54, 1.807) is 24.3 Å². The lowest BCUT2D eigenvalue weighted by atomic mass is 9.81. The SMILES string of the molecule is N=C1N=C([O-])C2=NC[NH+](c3ccccc3Cc3cc4c(c(OC[C@H](O)CC=O)c3O[C@@H]3O[C@@H](CO)[C@H](O)[C@@H](O)[C@@H]3O)C(=O)c3cc(CO)ccc3C4=O)C2=N1. The van der Waals surface area contributed by atoms with Gasteiger partial charge in [0.25, 0.3) is 5.84 Å². The minimum Gasteiger partial charge on any atom is -0.857 e. The summed E-state index contributed by atoms with van der Waals surface area (Å²) in [7, 11) is 0. The van der Waals surface area contributed by atoms with Crippen LogP contribution in [-0.4, -0.2) is 129 Å². The van der Waals surface area contributed by atoms with Crippen LogP contribution in [0.3, 0.4) is 0 Å². The van der Waals surface area contributed by atoms with Crippen molar-refractivity contribution in [2.24, 2.45) is 15.0 Å². The Morgan fingerprint density at radius 3 is 2.49 bits per heavy atom. The second-order valence-electron chi connectivity index (χ2n) is 13.2. The first-order valence-corrected chi connectivity index (χ1v) is 17.1. The quantitative estimate of drug-likeness (QED) is 0.0674. The number of aliphatic imine (C=N–C) groups is 3. The molecule has 0 spiro atoms. The number of hydrogen-bond acceptors (Lipinski definition) is 15. The number of ether oxygens (including phenoxy) is 3. The van der Waals surface area contributed by atoms with E-state index in [-0.39, 0.29) is 70.4 Å². The van der Waals surface area contributed by atoms with E-state index >= 15 is 0 Å². The molecular formula is C37H35N5O13. The summed E-state index contributed by atoms with van der Waals surface area (Å²) >= 11 is 0. The Bertz CT molecular complexity index is 2180. The summed E-state index contributed by atoms with van der Waals surface area (Å²) in [6.45, 7) is -1.77. The molecular weight excluding hydrogens is 722 g/mol. The van der Waals surface area contributed by atoms with Crippen molar-refractivity contribution in [2.45, 2.75) is 56.3 Å². The van der Waals surface area contributed by atoms with Crippen molar-refractivity contribution < 1.29 is 69.2 Å². The molecule has 1 aliphatic carbocycles. The molecule has 1 unspecified atom stereocenters. The van der Waals surface area contributed by atoms with Crippen molar-refractivity contribution in [3.05, 3.63) is 87.5 Å². The van der Waals surface area contributed by atoms with Crippen molar-refractivity contribution in [2.75, 3.05) is 19.9 Å². The van der Waals surface area contributed by atoms with Crippen molar-refractivity contribution >= 4 is 46.9 Å². The number of aliphatic hydroxyl groups is 6. The van der Waals surface area contributed by atoms with Gasteiger partial charge in [-0.15, -0.1) is 0 Å². The van der Waals surface area contributed by atoms with Gasteiger partial charge in [-0.05, 0) is 29.8 Å². The molecule has 7 atom stereocenters. The molecule has 0 aromatic heterocycles. The summed E-state index contributed by atoms with van der Waals surface area (Å²) in [5.74, 6) is -3.02. The van der Waals surface area contributed by atoms with Gasteiger partial charge in [0.1, 0.15) is 43.0 Å². The van der Waals surface area contributed by atoms with E-state index in [0.717, 1.165) is 0 Å². The molecule has 286 valence electrons. The number of nitrogens with one attached hydrogen (secondary N) is 2. The van der Waals surface area contributed by atoms with Crippen LogP contribution in [0.4, 0.5) is 5.69 Å². The number of para-hydroxylation sites is 1. The highest BCUT2D eigenvalue weighted by molar-refractivity contribution is 6.66. The molecule has 18 heteroatoms. The predicted molar refractivity (Wildman–Crippen MR) is 187 cm³/mol. The number of guanidine groups is 1. The monoisotopic (exact) mass is 757 g/mol. The Hall–Kier alpha value is -5.57. The van der Waals surface area contributed by atoms with Gasteiger partial charge in [-0.3, -0.25) is 15.0 Å². The van der Waals surface area contributed by atoms with Crippen LogP contribution in [0.2, 0.25) is 0 Å². The molecule has 0 bridgehead atoms. The smallest absolute Gasteiger partial charge is 0.262 e. The predicted octanol–water partition coefficient (Wildman–Crippen LogP) is -2.91. The summed E-state index contributed by atoms with van der Waals surface area (Å²) in [6.07, 6.45) is -10.1. The highest BCUT2D eigenvalue weighted by atomic mass is 16.7. The maximum atomic E-state index is 14.3. The number of nitrogens with zero attached hydrogens (tertiary/aromatic N) is 3. The highest BCUT2D eigenvalue weighted by Crippen LogP contribution is 2.45. The van der Waals surface area contributed by atoms with E-state index in [1.165, 1.54) is 24.3 Å². The molecule has 0 amide bonds. The van der Waals surface area contributed by atoms with Crippen LogP contribution >= 0.6 is 0 Å². The largest absolute Gasteiger partial charge is 0.857 e. The van der Waals surface area contributed by atoms with Crippen LogP contribution in [0, 0.1) is 5.41 Å². The van der Waals surface area contributed by atoms with Gasteiger partial charge in [0.15, 0.2) is 35.4 Å². The van der Waals surface area contributed by atoms with Crippen molar-refractivity contribution in [1.29, 1.82) is 5.41 Å². The number of aliphatic hydroxyl groups excluding tert-OH is 6. The van der Waals surface area contributed by atoms with Crippen LogP contribution in [0.15, 0.2) is 63.5 Å². The number of benzene rings is 3. The minimum atomic E-state index is -1.92. The van der Waals surface area contributed by atoms with Gasteiger partial charge in [0.2, 0.25) is 12.2 Å². The number of ketones is 2. The van der Waals surface area contributed by atoms with E-state index in [9.17, 15) is 50.1 Å². The number of fused-ring (bicyclic) bond motifs is 3. The molecule has 1 fully saturated rings. The van der Waals surface area contributed by atoms with Gasteiger partial charge in [-0.25, -0.2) is 14.9 Å². The van der Waals surface area contributed by atoms with E-state index in [2.05, 4.69) is 15.0 Å². The lowest BCUT2D eigenvalue weighted by molar-refractivity contribution is -0.723. The summed E-state index contributed by atoms with van der Waals surface area (Å²) in [4.78, 5) is 52.3. The first-order valence-electron chi connectivity index (χ1n) is 17.1. The highest BCUT2D eigenvalue weighted by Gasteiger charge is 2.46. The van der Waals surface area contributed by atoms with Crippen LogP contribution < -0.4 is 19.5 Å². The molecule has 8 N–H and O–H groups in total.